The van der Waals surface area contributed by atoms with Crippen LogP contribution in [0, 0.1) is 6.92 Å². The molecule has 2 rings (SSSR count). The van der Waals surface area contributed by atoms with E-state index in [2.05, 4.69) is 0 Å². The van der Waals surface area contributed by atoms with Crippen molar-refractivity contribution in [2.24, 2.45) is 0 Å². The molecule has 0 saturated heterocycles. The smallest absolute Gasteiger partial charge is 0.337 e. The van der Waals surface area contributed by atoms with Crippen LogP contribution in [0.5, 0.6) is 5.75 Å². The van der Waals surface area contributed by atoms with E-state index in [9.17, 15) is 4.79 Å². The second kappa shape index (κ2) is 6.75. The Kier molecular flexibility index (Phi) is 4.77. The van der Waals surface area contributed by atoms with Gasteiger partial charge in [-0.3, -0.25) is 0 Å². The third kappa shape index (κ3) is 3.60. The van der Waals surface area contributed by atoms with Crippen LogP contribution in [0.1, 0.15) is 21.5 Å². The van der Waals surface area contributed by atoms with Crippen molar-refractivity contribution in [3.63, 3.8) is 0 Å². The number of carbonyl (C=O) groups excluding carboxylic acids is 1. The van der Waals surface area contributed by atoms with E-state index in [1.165, 1.54) is 12.7 Å². The highest BCUT2D eigenvalue weighted by molar-refractivity contribution is 5.89. The lowest BCUT2D eigenvalue weighted by Gasteiger charge is -2.09. The fourth-order valence-corrected chi connectivity index (χ4v) is 2.02. The number of methoxy groups -OCH3 is 1. The molecule has 0 unspecified atom stereocenters. The quantitative estimate of drug-likeness (QED) is 0.781. The first-order valence-electron chi connectivity index (χ1n) is 6.56. The Morgan fingerprint density at radius 2 is 1.85 bits per heavy atom. The topological polar surface area (TPSA) is 35.5 Å². The normalized spacial score (nSPS) is 10.1. The predicted octanol–water partition coefficient (Wildman–Crippen LogP) is 3.40. The van der Waals surface area contributed by atoms with Gasteiger partial charge in [0.2, 0.25) is 0 Å². The van der Waals surface area contributed by atoms with E-state index in [0.29, 0.717) is 12.2 Å². The average molecular weight is 270 g/mol. The molecular formula is C17H18O3. The molecule has 0 amide bonds. The van der Waals surface area contributed by atoms with Gasteiger partial charge in [0, 0.05) is 6.42 Å². The summed E-state index contributed by atoms with van der Waals surface area (Å²) in [5, 5.41) is 0. The van der Waals surface area contributed by atoms with Gasteiger partial charge in [0.1, 0.15) is 5.75 Å². The minimum Gasteiger partial charge on any atom is -0.493 e. The van der Waals surface area contributed by atoms with E-state index in [1.54, 1.807) is 6.07 Å². The van der Waals surface area contributed by atoms with Crippen LogP contribution in [0.2, 0.25) is 0 Å². The molecule has 0 radical (unpaired) electrons. The Morgan fingerprint density at radius 1 is 1.10 bits per heavy atom. The number of aryl methyl sites for hydroxylation is 1. The molecule has 3 heteroatoms. The summed E-state index contributed by atoms with van der Waals surface area (Å²) in [7, 11) is 1.39. The van der Waals surface area contributed by atoms with Gasteiger partial charge in [-0.25, -0.2) is 4.79 Å². The van der Waals surface area contributed by atoms with Crippen LogP contribution in [0.4, 0.5) is 0 Å². The Hall–Kier alpha value is -2.29. The zero-order chi connectivity index (χ0) is 14.4. The number of esters is 1. The lowest BCUT2D eigenvalue weighted by molar-refractivity contribution is 0.0600. The number of rotatable bonds is 5. The summed E-state index contributed by atoms with van der Waals surface area (Å²) in [5.41, 5.74) is 2.83. The second-order valence-electron chi connectivity index (χ2n) is 4.54. The molecule has 0 aliphatic heterocycles. The van der Waals surface area contributed by atoms with Gasteiger partial charge in [-0.1, -0.05) is 24.3 Å². The highest BCUT2D eigenvalue weighted by Crippen LogP contribution is 2.14. The third-order valence-electron chi connectivity index (χ3n) is 3.15. The molecule has 0 saturated carbocycles. The van der Waals surface area contributed by atoms with Gasteiger partial charge in [0.05, 0.1) is 19.3 Å². The number of carbonyl (C=O) groups is 1. The van der Waals surface area contributed by atoms with E-state index in [-0.39, 0.29) is 5.97 Å². The standard InChI is InChI=1S/C17H18O3/c1-13-12-15(17(18)19-2)9-8-14(13)10-11-20-16-6-4-3-5-7-16/h3-9,12H,10-11H2,1-2H3. The number of hydrogen-bond donors (Lipinski definition) is 0. The molecule has 0 fully saturated rings. The first-order valence-corrected chi connectivity index (χ1v) is 6.56. The molecule has 0 aliphatic rings. The Morgan fingerprint density at radius 3 is 2.50 bits per heavy atom. The van der Waals surface area contributed by atoms with Gasteiger partial charge in [-0.15, -0.1) is 0 Å². The van der Waals surface area contributed by atoms with Crippen molar-refractivity contribution >= 4 is 5.97 Å². The van der Waals surface area contributed by atoms with Gasteiger partial charge in [-0.2, -0.15) is 0 Å². The molecule has 3 nitrogen and oxygen atoms in total. The molecule has 0 N–H and O–H groups in total. The zero-order valence-electron chi connectivity index (χ0n) is 11.8. The summed E-state index contributed by atoms with van der Waals surface area (Å²) < 4.78 is 10.4. The van der Waals surface area contributed by atoms with Crippen molar-refractivity contribution < 1.29 is 14.3 Å². The van der Waals surface area contributed by atoms with Crippen molar-refractivity contribution in [1.29, 1.82) is 0 Å². The van der Waals surface area contributed by atoms with Gasteiger partial charge in [-0.05, 0) is 42.3 Å². The molecule has 20 heavy (non-hydrogen) atoms. The predicted molar refractivity (Wildman–Crippen MR) is 78.2 cm³/mol. The monoisotopic (exact) mass is 270 g/mol. The highest BCUT2D eigenvalue weighted by Gasteiger charge is 2.07. The molecule has 0 atom stereocenters. The van der Waals surface area contributed by atoms with E-state index in [4.69, 9.17) is 9.47 Å². The SMILES string of the molecule is COC(=O)c1ccc(CCOc2ccccc2)c(C)c1. The summed E-state index contributed by atoms with van der Waals surface area (Å²) in [6.45, 7) is 2.60. The van der Waals surface area contributed by atoms with Crippen LogP contribution in [-0.2, 0) is 11.2 Å². The summed E-state index contributed by atoms with van der Waals surface area (Å²) in [6.07, 6.45) is 0.808. The van der Waals surface area contributed by atoms with Crippen molar-refractivity contribution in [3.8, 4) is 5.75 Å². The van der Waals surface area contributed by atoms with Gasteiger partial charge >= 0.3 is 5.97 Å². The van der Waals surface area contributed by atoms with Crippen molar-refractivity contribution in [2.75, 3.05) is 13.7 Å². The van der Waals surface area contributed by atoms with Gasteiger partial charge < -0.3 is 9.47 Å². The number of benzene rings is 2. The summed E-state index contributed by atoms with van der Waals surface area (Å²) >= 11 is 0. The lowest BCUT2D eigenvalue weighted by atomic mass is 10.0. The molecule has 2 aromatic rings. The molecular weight excluding hydrogens is 252 g/mol. The number of para-hydroxylation sites is 1. The Labute approximate surface area is 119 Å². The maximum Gasteiger partial charge on any atom is 0.337 e. The van der Waals surface area contributed by atoms with Crippen LogP contribution in [0.3, 0.4) is 0 Å². The highest BCUT2D eigenvalue weighted by atomic mass is 16.5. The average Bonchev–Trinajstić information content (AvgIpc) is 2.49. The van der Waals surface area contributed by atoms with Crippen LogP contribution in [0.15, 0.2) is 48.5 Å². The molecule has 0 aliphatic carbocycles. The second-order valence-corrected chi connectivity index (χ2v) is 4.54. The largest absolute Gasteiger partial charge is 0.493 e. The van der Waals surface area contributed by atoms with E-state index >= 15 is 0 Å². The van der Waals surface area contributed by atoms with E-state index in [1.807, 2.05) is 49.4 Å². The minimum atomic E-state index is -0.305. The van der Waals surface area contributed by atoms with Crippen LogP contribution < -0.4 is 4.74 Å². The maximum atomic E-state index is 11.4. The molecule has 0 bridgehead atoms. The van der Waals surface area contributed by atoms with Crippen molar-refractivity contribution in [2.45, 2.75) is 13.3 Å². The summed E-state index contributed by atoms with van der Waals surface area (Å²) in [4.78, 5) is 11.4. The van der Waals surface area contributed by atoms with Gasteiger partial charge in [0.15, 0.2) is 0 Å². The van der Waals surface area contributed by atoms with E-state index in [0.717, 1.165) is 17.7 Å². The summed E-state index contributed by atoms with van der Waals surface area (Å²) in [5.74, 6) is 0.566. The van der Waals surface area contributed by atoms with Crippen LogP contribution >= 0.6 is 0 Å². The van der Waals surface area contributed by atoms with Crippen LogP contribution in [-0.4, -0.2) is 19.7 Å². The van der Waals surface area contributed by atoms with Crippen molar-refractivity contribution in [1.82, 2.24) is 0 Å². The fraction of sp³-hybridized carbons (Fsp3) is 0.235. The molecule has 0 spiro atoms. The zero-order valence-corrected chi connectivity index (χ0v) is 11.8. The number of hydrogen-bond acceptors (Lipinski definition) is 3. The van der Waals surface area contributed by atoms with E-state index < -0.39 is 0 Å². The molecule has 0 heterocycles. The maximum absolute atomic E-state index is 11.4. The Bertz CT molecular complexity index is 576. The fourth-order valence-electron chi connectivity index (χ4n) is 2.02. The molecule has 2 aromatic carbocycles. The molecule has 104 valence electrons. The van der Waals surface area contributed by atoms with Crippen molar-refractivity contribution in [3.05, 3.63) is 65.2 Å². The minimum absolute atomic E-state index is 0.305. The first kappa shape index (κ1) is 14.1. The van der Waals surface area contributed by atoms with Gasteiger partial charge in [0.25, 0.3) is 0 Å². The van der Waals surface area contributed by atoms with Crippen LogP contribution in [0.25, 0.3) is 0 Å². The molecule has 0 aromatic heterocycles. The Balaban J connectivity index is 1.95. The number of ether oxygens (including phenoxy) is 2. The third-order valence-corrected chi connectivity index (χ3v) is 3.15. The first-order chi connectivity index (χ1) is 9.70. The lowest BCUT2D eigenvalue weighted by Crippen LogP contribution is -2.05. The summed E-state index contributed by atoms with van der Waals surface area (Å²) in [6, 6.07) is 15.3.